The molecule has 15 heavy (non-hydrogen) atoms. The van der Waals surface area contributed by atoms with Crippen molar-refractivity contribution in [1.29, 1.82) is 0 Å². The van der Waals surface area contributed by atoms with E-state index in [4.69, 9.17) is 11.5 Å². The van der Waals surface area contributed by atoms with E-state index in [0.717, 1.165) is 0 Å². The SMILES string of the molecule is C#CC(C)NC(=O)N(CC(=O)O)C(C)C. The van der Waals surface area contributed by atoms with Gasteiger partial charge in [-0.25, -0.2) is 4.79 Å². The summed E-state index contributed by atoms with van der Waals surface area (Å²) in [4.78, 5) is 23.3. The summed E-state index contributed by atoms with van der Waals surface area (Å²) in [5.41, 5.74) is 0. The molecule has 0 fully saturated rings. The summed E-state index contributed by atoms with van der Waals surface area (Å²) in [6, 6.07) is -1.06. The summed E-state index contributed by atoms with van der Waals surface area (Å²) in [6.45, 7) is 4.80. The molecule has 0 saturated carbocycles. The first-order chi connectivity index (χ1) is 6.88. The highest BCUT2D eigenvalue weighted by Gasteiger charge is 2.20. The summed E-state index contributed by atoms with van der Waals surface area (Å²) >= 11 is 0. The second-order valence-electron chi connectivity index (χ2n) is 3.45. The Kier molecular flexibility index (Phi) is 5.24. The van der Waals surface area contributed by atoms with E-state index in [-0.39, 0.29) is 12.6 Å². The molecule has 0 bridgehead atoms. The molecule has 0 aliphatic carbocycles. The van der Waals surface area contributed by atoms with E-state index < -0.39 is 18.0 Å². The normalized spacial score (nSPS) is 11.7. The van der Waals surface area contributed by atoms with Crippen molar-refractivity contribution in [2.75, 3.05) is 6.54 Å². The maximum atomic E-state index is 11.5. The van der Waals surface area contributed by atoms with Crippen LogP contribution in [0.4, 0.5) is 4.79 Å². The lowest BCUT2D eigenvalue weighted by atomic mass is 10.3. The Balaban J connectivity index is 4.44. The topological polar surface area (TPSA) is 69.6 Å². The van der Waals surface area contributed by atoms with Gasteiger partial charge in [-0.2, -0.15) is 0 Å². The molecule has 0 aromatic carbocycles. The molecule has 1 atom stereocenters. The molecule has 0 aliphatic rings. The number of nitrogens with zero attached hydrogens (tertiary/aromatic N) is 1. The van der Waals surface area contributed by atoms with E-state index in [1.807, 2.05) is 0 Å². The van der Waals surface area contributed by atoms with Crippen LogP contribution in [0, 0.1) is 12.3 Å². The van der Waals surface area contributed by atoms with Gasteiger partial charge in [0.25, 0.3) is 0 Å². The van der Waals surface area contributed by atoms with Crippen molar-refractivity contribution in [3.05, 3.63) is 0 Å². The number of terminal acetylenes is 1. The predicted molar refractivity (Wildman–Crippen MR) is 56.3 cm³/mol. The Morgan fingerprint density at radius 3 is 2.33 bits per heavy atom. The molecule has 0 saturated heterocycles. The molecular formula is C10H16N2O3. The van der Waals surface area contributed by atoms with E-state index in [9.17, 15) is 9.59 Å². The fourth-order valence-electron chi connectivity index (χ4n) is 0.944. The first-order valence-corrected chi connectivity index (χ1v) is 4.63. The molecule has 0 rings (SSSR count). The van der Waals surface area contributed by atoms with Gasteiger partial charge in [-0.3, -0.25) is 4.79 Å². The molecule has 0 aromatic rings. The van der Waals surface area contributed by atoms with Crippen LogP contribution in [-0.4, -0.2) is 40.6 Å². The second-order valence-corrected chi connectivity index (χ2v) is 3.45. The molecule has 0 aliphatic heterocycles. The summed E-state index contributed by atoms with van der Waals surface area (Å²) in [5.74, 6) is 1.29. The maximum Gasteiger partial charge on any atom is 0.323 e. The lowest BCUT2D eigenvalue weighted by Gasteiger charge is -2.25. The number of amides is 2. The third kappa shape index (κ3) is 4.91. The highest BCUT2D eigenvalue weighted by atomic mass is 16.4. The predicted octanol–water partition coefficient (Wildman–Crippen LogP) is 0.513. The number of carbonyl (C=O) groups excluding carboxylic acids is 1. The third-order valence-electron chi connectivity index (χ3n) is 1.78. The summed E-state index contributed by atoms with van der Waals surface area (Å²) in [7, 11) is 0. The Bertz CT molecular complexity index is 281. The van der Waals surface area contributed by atoms with Crippen molar-refractivity contribution in [2.24, 2.45) is 0 Å². The molecule has 1 unspecified atom stereocenters. The molecule has 0 radical (unpaired) electrons. The van der Waals surface area contributed by atoms with E-state index in [0.29, 0.717) is 0 Å². The number of carboxylic acid groups (broad SMARTS) is 1. The van der Waals surface area contributed by atoms with Crippen LogP contribution in [0.1, 0.15) is 20.8 Å². The minimum absolute atomic E-state index is 0.189. The molecule has 0 heterocycles. The second kappa shape index (κ2) is 5.91. The summed E-state index contributed by atoms with van der Waals surface area (Å²) < 4.78 is 0. The Labute approximate surface area is 89.4 Å². The first-order valence-electron chi connectivity index (χ1n) is 4.63. The quantitative estimate of drug-likeness (QED) is 0.667. The third-order valence-corrected chi connectivity index (χ3v) is 1.78. The van der Waals surface area contributed by atoms with Crippen molar-refractivity contribution < 1.29 is 14.7 Å². The van der Waals surface area contributed by atoms with Crippen molar-refractivity contribution in [1.82, 2.24) is 10.2 Å². The zero-order valence-electron chi connectivity index (χ0n) is 9.15. The smallest absolute Gasteiger partial charge is 0.323 e. The fraction of sp³-hybridized carbons (Fsp3) is 0.600. The summed E-state index contributed by atoms with van der Waals surface area (Å²) in [5, 5.41) is 11.1. The lowest BCUT2D eigenvalue weighted by Crippen LogP contribution is -2.48. The van der Waals surface area contributed by atoms with Gasteiger partial charge in [0.15, 0.2) is 0 Å². The van der Waals surface area contributed by atoms with Crippen LogP contribution >= 0.6 is 0 Å². The van der Waals surface area contributed by atoms with Gasteiger partial charge in [-0.05, 0) is 20.8 Å². The van der Waals surface area contributed by atoms with Crippen LogP contribution in [0.25, 0.3) is 0 Å². The van der Waals surface area contributed by atoms with Gasteiger partial charge < -0.3 is 15.3 Å². The van der Waals surface area contributed by atoms with Crippen molar-refractivity contribution in [3.63, 3.8) is 0 Å². The van der Waals surface area contributed by atoms with Gasteiger partial charge in [-0.15, -0.1) is 6.42 Å². The van der Waals surface area contributed by atoms with Gasteiger partial charge in [0.2, 0.25) is 0 Å². The highest BCUT2D eigenvalue weighted by molar-refractivity contribution is 5.80. The van der Waals surface area contributed by atoms with Crippen molar-refractivity contribution >= 4 is 12.0 Å². The Hall–Kier alpha value is -1.70. The number of urea groups is 1. The average Bonchev–Trinajstić information content (AvgIpc) is 2.12. The van der Waals surface area contributed by atoms with Crippen molar-refractivity contribution in [3.8, 4) is 12.3 Å². The molecule has 2 amide bonds. The molecule has 0 spiro atoms. The van der Waals surface area contributed by atoms with E-state index >= 15 is 0 Å². The average molecular weight is 212 g/mol. The molecule has 2 N–H and O–H groups in total. The first kappa shape index (κ1) is 13.3. The minimum Gasteiger partial charge on any atom is -0.480 e. The maximum absolute atomic E-state index is 11.5. The van der Waals surface area contributed by atoms with Crippen LogP contribution in [0.2, 0.25) is 0 Å². The van der Waals surface area contributed by atoms with Crippen LogP contribution in [-0.2, 0) is 4.79 Å². The number of carbonyl (C=O) groups is 2. The van der Waals surface area contributed by atoms with Gasteiger partial charge in [-0.1, -0.05) is 5.92 Å². The largest absolute Gasteiger partial charge is 0.480 e. The zero-order chi connectivity index (χ0) is 12.0. The molecule has 0 aromatic heterocycles. The number of carboxylic acids is 1. The number of aliphatic carboxylic acids is 1. The van der Waals surface area contributed by atoms with E-state index in [1.165, 1.54) is 4.90 Å². The number of nitrogens with one attached hydrogen (secondary N) is 1. The van der Waals surface area contributed by atoms with Crippen LogP contribution in [0.3, 0.4) is 0 Å². The minimum atomic E-state index is -1.05. The lowest BCUT2D eigenvalue weighted by molar-refractivity contribution is -0.138. The zero-order valence-corrected chi connectivity index (χ0v) is 9.15. The Morgan fingerprint density at radius 2 is 2.00 bits per heavy atom. The van der Waals surface area contributed by atoms with Crippen LogP contribution in [0.15, 0.2) is 0 Å². The molecule has 5 nitrogen and oxygen atoms in total. The van der Waals surface area contributed by atoms with Gasteiger partial charge in [0.05, 0.1) is 6.04 Å². The van der Waals surface area contributed by atoms with Crippen LogP contribution in [0.5, 0.6) is 0 Å². The molecular weight excluding hydrogens is 196 g/mol. The van der Waals surface area contributed by atoms with E-state index in [1.54, 1.807) is 20.8 Å². The van der Waals surface area contributed by atoms with Gasteiger partial charge in [0.1, 0.15) is 6.54 Å². The Morgan fingerprint density at radius 1 is 1.47 bits per heavy atom. The number of hydrogen-bond acceptors (Lipinski definition) is 2. The molecule has 5 heteroatoms. The van der Waals surface area contributed by atoms with Crippen molar-refractivity contribution in [2.45, 2.75) is 32.9 Å². The highest BCUT2D eigenvalue weighted by Crippen LogP contribution is 1.99. The number of rotatable bonds is 4. The fourth-order valence-corrected chi connectivity index (χ4v) is 0.944. The standard InChI is InChI=1S/C10H16N2O3/c1-5-8(4)11-10(15)12(7(2)3)6-9(13)14/h1,7-8H,6H2,2-4H3,(H,11,15)(H,13,14). The van der Waals surface area contributed by atoms with E-state index in [2.05, 4.69) is 11.2 Å². The van der Waals surface area contributed by atoms with Crippen LogP contribution < -0.4 is 5.32 Å². The molecule has 84 valence electrons. The number of hydrogen-bond donors (Lipinski definition) is 2. The summed E-state index contributed by atoms with van der Waals surface area (Å²) in [6.07, 6.45) is 5.10. The van der Waals surface area contributed by atoms with Gasteiger partial charge in [0, 0.05) is 6.04 Å². The monoisotopic (exact) mass is 212 g/mol. The van der Waals surface area contributed by atoms with Gasteiger partial charge >= 0.3 is 12.0 Å².